The molecule has 2 aliphatic heterocycles. The summed E-state index contributed by atoms with van der Waals surface area (Å²) >= 11 is 0. The topological polar surface area (TPSA) is 75.6 Å². The van der Waals surface area contributed by atoms with Gasteiger partial charge in [0.2, 0.25) is 5.91 Å². The van der Waals surface area contributed by atoms with Crippen LogP contribution in [0.15, 0.2) is 0 Å². The Bertz CT molecular complexity index is 364. The summed E-state index contributed by atoms with van der Waals surface area (Å²) in [4.78, 5) is 23.3. The van der Waals surface area contributed by atoms with Crippen molar-refractivity contribution in [3.63, 3.8) is 0 Å². The Morgan fingerprint density at radius 1 is 1.29 bits per heavy atom. The first kappa shape index (κ1) is 11.0. The predicted molar refractivity (Wildman–Crippen MR) is 58.4 cm³/mol. The lowest BCUT2D eigenvalue weighted by Crippen LogP contribution is -2.60. The molecule has 17 heavy (non-hydrogen) atoms. The van der Waals surface area contributed by atoms with Crippen LogP contribution in [0.5, 0.6) is 0 Å². The zero-order valence-corrected chi connectivity index (χ0v) is 9.65. The lowest BCUT2D eigenvalue weighted by molar-refractivity contribution is -0.152. The van der Waals surface area contributed by atoms with E-state index in [1.807, 2.05) is 0 Å². The number of hydrogen-bond acceptors (Lipinski definition) is 3. The summed E-state index contributed by atoms with van der Waals surface area (Å²) in [5.41, 5.74) is -0.987. The lowest BCUT2D eigenvalue weighted by atomic mass is 9.76. The van der Waals surface area contributed by atoms with Crippen LogP contribution in [0.3, 0.4) is 0 Å². The van der Waals surface area contributed by atoms with Crippen molar-refractivity contribution in [1.29, 1.82) is 0 Å². The molecular formula is C12H17NO4. The van der Waals surface area contributed by atoms with Crippen LogP contribution in [0.2, 0.25) is 0 Å². The van der Waals surface area contributed by atoms with Crippen molar-refractivity contribution >= 4 is 11.9 Å². The molecule has 0 radical (unpaired) electrons. The van der Waals surface area contributed by atoms with E-state index in [-0.39, 0.29) is 24.0 Å². The first-order valence-corrected chi connectivity index (χ1v) is 6.32. The highest BCUT2D eigenvalue weighted by Gasteiger charge is 2.50. The molecule has 0 aromatic carbocycles. The summed E-state index contributed by atoms with van der Waals surface area (Å²) in [5, 5.41) is 11.9. The average Bonchev–Trinajstić information content (AvgIpc) is 2.83. The number of ether oxygens (including phenoxy) is 1. The highest BCUT2D eigenvalue weighted by atomic mass is 16.5. The van der Waals surface area contributed by atoms with E-state index < -0.39 is 11.5 Å². The van der Waals surface area contributed by atoms with E-state index in [4.69, 9.17) is 9.84 Å². The number of amides is 1. The number of aliphatic carboxylic acids is 1. The maximum absolute atomic E-state index is 12.1. The Morgan fingerprint density at radius 3 is 2.47 bits per heavy atom. The normalized spacial score (nSPS) is 37.5. The molecule has 0 aromatic rings. The van der Waals surface area contributed by atoms with Crippen LogP contribution in [0.1, 0.15) is 38.5 Å². The number of carbonyl (C=O) groups is 2. The fourth-order valence-electron chi connectivity index (χ4n) is 3.16. The third-order valence-electron chi connectivity index (χ3n) is 4.42. The molecule has 2 N–H and O–H groups in total. The van der Waals surface area contributed by atoms with Crippen LogP contribution in [0.25, 0.3) is 0 Å². The minimum Gasteiger partial charge on any atom is -0.480 e. The van der Waals surface area contributed by atoms with Gasteiger partial charge in [-0.3, -0.25) is 4.79 Å². The quantitative estimate of drug-likeness (QED) is 0.759. The number of fused-ring (bicyclic) bond motifs is 2. The highest BCUT2D eigenvalue weighted by Crippen LogP contribution is 2.40. The third kappa shape index (κ3) is 1.64. The molecule has 2 saturated heterocycles. The monoisotopic (exact) mass is 239 g/mol. The van der Waals surface area contributed by atoms with Gasteiger partial charge in [-0.25, -0.2) is 4.79 Å². The first-order chi connectivity index (χ1) is 8.11. The Hall–Kier alpha value is -1.10. The standard InChI is InChI=1S/C12H17NO4/c14-10(8-6-7-2-3-9(8)17-7)13-12(11(15)16)4-1-5-12/h7-9H,1-6H2,(H,13,14)(H,15,16). The maximum Gasteiger partial charge on any atom is 0.329 e. The smallest absolute Gasteiger partial charge is 0.329 e. The van der Waals surface area contributed by atoms with E-state index in [0.717, 1.165) is 25.7 Å². The van der Waals surface area contributed by atoms with Gasteiger partial charge in [-0.15, -0.1) is 0 Å². The molecule has 5 heteroatoms. The van der Waals surface area contributed by atoms with Crippen LogP contribution in [-0.4, -0.2) is 34.7 Å². The molecular weight excluding hydrogens is 222 g/mol. The van der Waals surface area contributed by atoms with Crippen molar-refractivity contribution in [1.82, 2.24) is 5.32 Å². The average molecular weight is 239 g/mol. The predicted octanol–water partition coefficient (Wildman–Crippen LogP) is 0.677. The summed E-state index contributed by atoms with van der Waals surface area (Å²) in [6.45, 7) is 0. The largest absolute Gasteiger partial charge is 0.480 e. The molecule has 5 nitrogen and oxygen atoms in total. The van der Waals surface area contributed by atoms with Crippen LogP contribution in [-0.2, 0) is 14.3 Å². The summed E-state index contributed by atoms with van der Waals surface area (Å²) in [6, 6.07) is 0. The van der Waals surface area contributed by atoms with E-state index in [1.165, 1.54) is 0 Å². The lowest BCUT2D eigenvalue weighted by Gasteiger charge is -2.39. The van der Waals surface area contributed by atoms with Crippen molar-refractivity contribution in [2.24, 2.45) is 5.92 Å². The van der Waals surface area contributed by atoms with Crippen LogP contribution < -0.4 is 5.32 Å². The highest BCUT2D eigenvalue weighted by molar-refractivity contribution is 5.89. The Balaban J connectivity index is 1.65. The van der Waals surface area contributed by atoms with Gasteiger partial charge in [0.15, 0.2) is 0 Å². The van der Waals surface area contributed by atoms with E-state index in [1.54, 1.807) is 0 Å². The van der Waals surface area contributed by atoms with Crippen molar-refractivity contribution in [2.75, 3.05) is 0 Å². The van der Waals surface area contributed by atoms with E-state index in [9.17, 15) is 9.59 Å². The molecule has 3 atom stereocenters. The second-order valence-corrected chi connectivity index (χ2v) is 5.45. The minimum absolute atomic E-state index is 0.0194. The number of hydrogen-bond donors (Lipinski definition) is 2. The molecule has 94 valence electrons. The maximum atomic E-state index is 12.1. The first-order valence-electron chi connectivity index (χ1n) is 6.32. The van der Waals surface area contributed by atoms with Gasteiger partial charge in [0, 0.05) is 0 Å². The van der Waals surface area contributed by atoms with Crippen molar-refractivity contribution in [3.05, 3.63) is 0 Å². The zero-order chi connectivity index (χ0) is 12.0. The summed E-state index contributed by atoms with van der Waals surface area (Å²) in [6.07, 6.45) is 4.95. The van der Waals surface area contributed by atoms with Gasteiger partial charge in [0.05, 0.1) is 18.1 Å². The van der Waals surface area contributed by atoms with Crippen LogP contribution >= 0.6 is 0 Å². The second-order valence-electron chi connectivity index (χ2n) is 5.45. The van der Waals surface area contributed by atoms with Crippen molar-refractivity contribution < 1.29 is 19.4 Å². The summed E-state index contributed by atoms with van der Waals surface area (Å²) in [5.74, 6) is -1.16. The van der Waals surface area contributed by atoms with Crippen LogP contribution in [0, 0.1) is 5.92 Å². The summed E-state index contributed by atoms with van der Waals surface area (Å²) < 4.78 is 5.62. The Morgan fingerprint density at radius 2 is 2.06 bits per heavy atom. The van der Waals surface area contributed by atoms with Gasteiger partial charge in [0.1, 0.15) is 5.54 Å². The second kappa shape index (κ2) is 3.70. The molecule has 3 unspecified atom stereocenters. The summed E-state index contributed by atoms with van der Waals surface area (Å²) in [7, 11) is 0. The molecule has 1 saturated carbocycles. The molecule has 0 spiro atoms. The molecule has 3 aliphatic rings. The SMILES string of the molecule is O=C(NC1(C(=O)O)CCC1)C1CC2CCC1O2. The molecule has 3 fully saturated rings. The molecule has 1 aliphatic carbocycles. The molecule has 3 rings (SSSR count). The van der Waals surface area contributed by atoms with Gasteiger partial charge in [0.25, 0.3) is 0 Å². The van der Waals surface area contributed by atoms with Gasteiger partial charge in [-0.2, -0.15) is 0 Å². The number of nitrogens with one attached hydrogen (secondary N) is 1. The number of carboxylic acid groups (broad SMARTS) is 1. The van der Waals surface area contributed by atoms with Gasteiger partial charge < -0.3 is 15.2 Å². The van der Waals surface area contributed by atoms with Gasteiger partial charge in [-0.05, 0) is 38.5 Å². The zero-order valence-electron chi connectivity index (χ0n) is 9.65. The van der Waals surface area contributed by atoms with Crippen molar-refractivity contribution in [3.8, 4) is 0 Å². The van der Waals surface area contributed by atoms with E-state index in [0.29, 0.717) is 12.8 Å². The molecule has 0 aromatic heterocycles. The fraction of sp³-hybridized carbons (Fsp3) is 0.833. The van der Waals surface area contributed by atoms with E-state index >= 15 is 0 Å². The molecule has 1 amide bonds. The number of carboxylic acids is 1. The third-order valence-corrected chi connectivity index (χ3v) is 4.42. The Labute approximate surface area is 99.5 Å². The number of carbonyl (C=O) groups excluding carboxylic acids is 1. The Kier molecular flexibility index (Phi) is 2.40. The minimum atomic E-state index is -0.987. The molecule has 2 heterocycles. The van der Waals surface area contributed by atoms with Gasteiger partial charge >= 0.3 is 5.97 Å². The van der Waals surface area contributed by atoms with E-state index in [2.05, 4.69) is 5.32 Å². The number of rotatable bonds is 3. The molecule has 2 bridgehead atoms. The fourth-order valence-corrected chi connectivity index (χ4v) is 3.16. The van der Waals surface area contributed by atoms with Gasteiger partial charge in [-0.1, -0.05) is 0 Å². The van der Waals surface area contributed by atoms with Crippen molar-refractivity contribution in [2.45, 2.75) is 56.3 Å². The van der Waals surface area contributed by atoms with Crippen LogP contribution in [0.4, 0.5) is 0 Å².